The lowest BCUT2D eigenvalue weighted by molar-refractivity contribution is -0.122. The lowest BCUT2D eigenvalue weighted by atomic mass is 10.1. The molecule has 2 atom stereocenters. The quantitative estimate of drug-likeness (QED) is 0.882. The van der Waals surface area contributed by atoms with Crippen LogP contribution in [0.2, 0.25) is 0 Å². The molecule has 0 aliphatic carbocycles. The van der Waals surface area contributed by atoms with E-state index < -0.39 is 6.04 Å². The Morgan fingerprint density at radius 1 is 1.45 bits per heavy atom. The summed E-state index contributed by atoms with van der Waals surface area (Å²) >= 11 is 0. The predicted molar refractivity (Wildman–Crippen MR) is 79.3 cm³/mol. The number of halogens is 1. The molecule has 1 aromatic heterocycles. The van der Waals surface area contributed by atoms with Crippen LogP contribution in [0.15, 0.2) is 22.7 Å². The largest absolute Gasteiger partial charge is 0.345 e. The molecule has 0 saturated heterocycles. The van der Waals surface area contributed by atoms with Crippen molar-refractivity contribution in [3.63, 3.8) is 0 Å². The molecule has 2 aromatic rings. The molecule has 0 radical (unpaired) electrons. The van der Waals surface area contributed by atoms with Crippen molar-refractivity contribution in [3.05, 3.63) is 35.5 Å². The number of carbonyl (C=O) groups excluding carboxylic acids is 1. The molecule has 0 aliphatic heterocycles. The lowest BCUT2D eigenvalue weighted by Crippen LogP contribution is -2.31. The molecule has 22 heavy (non-hydrogen) atoms. The minimum Gasteiger partial charge on any atom is -0.345 e. The van der Waals surface area contributed by atoms with Gasteiger partial charge in [-0.2, -0.15) is 4.98 Å². The normalized spacial score (nSPS) is 13.7. The maximum Gasteiger partial charge on any atom is 0.249 e. The predicted octanol–water partition coefficient (Wildman–Crippen LogP) is 2.10. The fraction of sp³-hybridized carbons (Fsp3) is 0.400. The molecule has 2 rings (SSSR count). The third-order valence-corrected chi connectivity index (χ3v) is 3.13. The Bertz CT molecular complexity index is 669. The molecule has 118 valence electrons. The van der Waals surface area contributed by atoms with E-state index in [2.05, 4.69) is 15.5 Å². The monoisotopic (exact) mass is 306 g/mol. The zero-order valence-corrected chi connectivity index (χ0v) is 12.8. The highest BCUT2D eigenvalue weighted by Gasteiger charge is 2.18. The number of hydrogen-bond donors (Lipinski definition) is 2. The SMILES string of the molecule is Cc1ccc(-c2noc(C(C)NC(=O)CC(C)N)n2)cc1F. The fourth-order valence-electron chi connectivity index (χ4n) is 1.91. The number of nitrogens with one attached hydrogen (secondary N) is 1. The highest BCUT2D eigenvalue weighted by molar-refractivity contribution is 5.76. The van der Waals surface area contributed by atoms with E-state index in [9.17, 15) is 9.18 Å². The number of amides is 1. The summed E-state index contributed by atoms with van der Waals surface area (Å²) in [6, 6.07) is 4.05. The summed E-state index contributed by atoms with van der Waals surface area (Å²) in [5, 5.41) is 6.54. The van der Waals surface area contributed by atoms with Gasteiger partial charge in [-0.25, -0.2) is 4.39 Å². The zero-order chi connectivity index (χ0) is 16.3. The highest BCUT2D eigenvalue weighted by atomic mass is 19.1. The standard InChI is InChI=1S/C15H19FN4O2/c1-8-4-5-11(7-12(8)16)14-19-15(22-20-14)10(3)18-13(21)6-9(2)17/h4-5,7,9-10H,6,17H2,1-3H3,(H,18,21). The van der Waals surface area contributed by atoms with Crippen LogP contribution in [-0.4, -0.2) is 22.1 Å². The van der Waals surface area contributed by atoms with Gasteiger partial charge in [0.1, 0.15) is 11.9 Å². The Kier molecular flexibility index (Phi) is 4.87. The van der Waals surface area contributed by atoms with Crippen LogP contribution in [0.25, 0.3) is 11.4 Å². The summed E-state index contributed by atoms with van der Waals surface area (Å²) in [7, 11) is 0. The average molecular weight is 306 g/mol. The molecule has 0 fully saturated rings. The smallest absolute Gasteiger partial charge is 0.249 e. The summed E-state index contributed by atoms with van der Waals surface area (Å²) in [5.41, 5.74) is 6.63. The van der Waals surface area contributed by atoms with Gasteiger partial charge in [-0.15, -0.1) is 0 Å². The summed E-state index contributed by atoms with van der Waals surface area (Å²) in [4.78, 5) is 15.9. The first kappa shape index (κ1) is 16.1. The van der Waals surface area contributed by atoms with Crippen LogP contribution in [0, 0.1) is 12.7 Å². The van der Waals surface area contributed by atoms with E-state index in [1.165, 1.54) is 6.07 Å². The molecular weight excluding hydrogens is 287 g/mol. The molecule has 1 amide bonds. The summed E-state index contributed by atoms with van der Waals surface area (Å²) in [6.07, 6.45) is 0.217. The van der Waals surface area contributed by atoms with Crippen LogP contribution in [0.1, 0.15) is 37.8 Å². The third-order valence-electron chi connectivity index (χ3n) is 3.13. The second-order valence-corrected chi connectivity index (χ2v) is 5.39. The van der Waals surface area contributed by atoms with E-state index >= 15 is 0 Å². The Hall–Kier alpha value is -2.28. The summed E-state index contributed by atoms with van der Waals surface area (Å²) in [5.74, 6) is 0.0157. The molecule has 6 nitrogen and oxygen atoms in total. The maximum absolute atomic E-state index is 13.6. The second-order valence-electron chi connectivity index (χ2n) is 5.39. The van der Waals surface area contributed by atoms with E-state index in [1.807, 2.05) is 0 Å². The molecular formula is C15H19FN4O2. The topological polar surface area (TPSA) is 94.0 Å². The zero-order valence-electron chi connectivity index (χ0n) is 12.8. The van der Waals surface area contributed by atoms with Crippen molar-refractivity contribution in [2.45, 2.75) is 39.3 Å². The highest BCUT2D eigenvalue weighted by Crippen LogP contribution is 2.21. The van der Waals surface area contributed by atoms with Crippen molar-refractivity contribution < 1.29 is 13.7 Å². The molecule has 0 saturated carbocycles. The average Bonchev–Trinajstić information content (AvgIpc) is 2.90. The Morgan fingerprint density at radius 3 is 2.82 bits per heavy atom. The first-order chi connectivity index (χ1) is 10.4. The molecule has 1 aromatic carbocycles. The summed E-state index contributed by atoms with van der Waals surface area (Å²) in [6.45, 7) is 5.16. The van der Waals surface area contributed by atoms with Gasteiger partial charge in [-0.3, -0.25) is 4.79 Å². The second kappa shape index (κ2) is 6.65. The van der Waals surface area contributed by atoms with Gasteiger partial charge in [0.15, 0.2) is 0 Å². The molecule has 0 aliphatic rings. The van der Waals surface area contributed by atoms with Crippen molar-refractivity contribution in [2.24, 2.45) is 5.73 Å². The minimum atomic E-state index is -0.442. The van der Waals surface area contributed by atoms with E-state index in [0.717, 1.165) is 0 Å². The van der Waals surface area contributed by atoms with E-state index in [1.54, 1.807) is 32.9 Å². The van der Waals surface area contributed by atoms with Crippen molar-refractivity contribution >= 4 is 5.91 Å². The van der Waals surface area contributed by atoms with Gasteiger partial charge >= 0.3 is 0 Å². The first-order valence-electron chi connectivity index (χ1n) is 7.02. The number of nitrogens with zero attached hydrogens (tertiary/aromatic N) is 2. The molecule has 2 unspecified atom stereocenters. The van der Waals surface area contributed by atoms with Gasteiger partial charge in [0.05, 0.1) is 0 Å². The van der Waals surface area contributed by atoms with Crippen LogP contribution in [0.5, 0.6) is 0 Å². The number of hydrogen-bond acceptors (Lipinski definition) is 5. The van der Waals surface area contributed by atoms with E-state index in [0.29, 0.717) is 11.1 Å². The molecule has 7 heteroatoms. The van der Waals surface area contributed by atoms with Crippen molar-refractivity contribution in [3.8, 4) is 11.4 Å². The van der Waals surface area contributed by atoms with Gasteiger partial charge in [0.2, 0.25) is 17.6 Å². The summed E-state index contributed by atoms with van der Waals surface area (Å²) < 4.78 is 18.7. The lowest BCUT2D eigenvalue weighted by Gasteiger charge is -2.10. The molecule has 0 spiro atoms. The maximum atomic E-state index is 13.6. The first-order valence-corrected chi connectivity index (χ1v) is 7.02. The van der Waals surface area contributed by atoms with E-state index in [-0.39, 0.29) is 35.9 Å². The third kappa shape index (κ3) is 3.88. The van der Waals surface area contributed by atoms with Crippen LogP contribution >= 0.6 is 0 Å². The Labute approximate surface area is 127 Å². The van der Waals surface area contributed by atoms with Crippen molar-refractivity contribution in [1.29, 1.82) is 0 Å². The van der Waals surface area contributed by atoms with Crippen molar-refractivity contribution in [1.82, 2.24) is 15.5 Å². The van der Waals surface area contributed by atoms with Crippen LogP contribution in [0.3, 0.4) is 0 Å². The molecule has 1 heterocycles. The van der Waals surface area contributed by atoms with Crippen LogP contribution in [-0.2, 0) is 4.79 Å². The van der Waals surface area contributed by atoms with Gasteiger partial charge in [-0.05, 0) is 32.4 Å². The number of carbonyl (C=O) groups is 1. The van der Waals surface area contributed by atoms with Gasteiger partial charge < -0.3 is 15.6 Å². The Morgan fingerprint density at radius 2 is 2.18 bits per heavy atom. The number of aryl methyl sites for hydroxylation is 1. The number of aromatic nitrogens is 2. The van der Waals surface area contributed by atoms with Gasteiger partial charge in [-0.1, -0.05) is 17.3 Å². The molecule has 3 N–H and O–H groups in total. The Balaban J connectivity index is 2.10. The van der Waals surface area contributed by atoms with Gasteiger partial charge in [0.25, 0.3) is 0 Å². The molecule has 0 bridgehead atoms. The number of benzene rings is 1. The van der Waals surface area contributed by atoms with E-state index in [4.69, 9.17) is 10.3 Å². The van der Waals surface area contributed by atoms with Crippen LogP contribution < -0.4 is 11.1 Å². The van der Waals surface area contributed by atoms with Gasteiger partial charge in [0, 0.05) is 18.0 Å². The van der Waals surface area contributed by atoms with Crippen LogP contribution in [0.4, 0.5) is 4.39 Å². The number of rotatable bonds is 5. The minimum absolute atomic E-state index is 0.191. The van der Waals surface area contributed by atoms with Crippen molar-refractivity contribution in [2.75, 3.05) is 0 Å². The number of nitrogens with two attached hydrogens (primary N) is 1. The fourth-order valence-corrected chi connectivity index (χ4v) is 1.91.